The Morgan fingerprint density at radius 2 is 1.80 bits per heavy atom. The van der Waals surface area contributed by atoms with Crippen LogP contribution in [0.25, 0.3) is 11.0 Å². The van der Waals surface area contributed by atoms with Crippen molar-refractivity contribution >= 4 is 22.3 Å². The lowest BCUT2D eigenvalue weighted by Crippen LogP contribution is -2.07. The number of benzene rings is 2. The molecule has 0 saturated heterocycles. The highest BCUT2D eigenvalue weighted by atomic mass is 16.6. The molecule has 25 heavy (non-hydrogen) atoms. The summed E-state index contributed by atoms with van der Waals surface area (Å²) in [5.41, 5.74) is 4.54. The number of nitro groups is 1. The fourth-order valence-electron chi connectivity index (χ4n) is 2.78. The number of nitro benzene ring substituents is 1. The average molecular weight is 338 g/mol. The van der Waals surface area contributed by atoms with E-state index < -0.39 is 10.5 Å². The van der Waals surface area contributed by atoms with E-state index in [1.165, 1.54) is 18.2 Å². The van der Waals surface area contributed by atoms with Gasteiger partial charge in [-0.25, -0.2) is 4.79 Å². The van der Waals surface area contributed by atoms with E-state index in [0.717, 1.165) is 27.6 Å². The third-order valence-electron chi connectivity index (χ3n) is 4.42. The highest BCUT2D eigenvalue weighted by molar-refractivity contribution is 5.84. The van der Waals surface area contributed by atoms with Gasteiger partial charge in [0.2, 0.25) is 0 Å². The Balaban J connectivity index is 2.00. The second kappa shape index (κ2) is 6.39. The molecule has 0 radical (unpaired) electrons. The van der Waals surface area contributed by atoms with Gasteiger partial charge in [0.05, 0.1) is 4.92 Å². The second-order valence-corrected chi connectivity index (χ2v) is 6.08. The molecule has 1 N–H and O–H groups in total. The lowest BCUT2D eigenvalue weighted by Gasteiger charge is -2.12. The first kappa shape index (κ1) is 16.7. The van der Waals surface area contributed by atoms with Crippen molar-refractivity contribution in [2.75, 3.05) is 5.32 Å². The number of rotatable bonds is 4. The number of non-ortho nitro benzene ring substituents is 1. The number of anilines is 1. The van der Waals surface area contributed by atoms with Crippen LogP contribution in [0.5, 0.6) is 0 Å². The van der Waals surface area contributed by atoms with Gasteiger partial charge in [-0.05, 0) is 43.0 Å². The minimum Gasteiger partial charge on any atom is -0.422 e. The molecule has 6 heteroatoms. The van der Waals surface area contributed by atoms with Crippen LogP contribution in [0.2, 0.25) is 0 Å². The summed E-state index contributed by atoms with van der Waals surface area (Å²) < 4.78 is 5.37. The number of nitrogens with one attached hydrogen (secondary N) is 1. The predicted octanol–water partition coefficient (Wildman–Crippen LogP) is 4.24. The molecule has 0 aliphatic rings. The second-order valence-electron chi connectivity index (χ2n) is 6.08. The van der Waals surface area contributed by atoms with E-state index in [1.807, 2.05) is 32.9 Å². The summed E-state index contributed by atoms with van der Waals surface area (Å²) in [7, 11) is 0. The minimum atomic E-state index is -0.427. The van der Waals surface area contributed by atoms with E-state index in [1.54, 1.807) is 6.07 Å². The van der Waals surface area contributed by atoms with Crippen molar-refractivity contribution in [1.82, 2.24) is 0 Å². The first-order valence-corrected chi connectivity index (χ1v) is 7.88. The molecule has 0 atom stereocenters. The van der Waals surface area contributed by atoms with Gasteiger partial charge in [-0.15, -0.1) is 0 Å². The number of nitrogens with zero attached hydrogens (tertiary/aromatic N) is 1. The molecular formula is C19H18N2O4. The maximum atomic E-state index is 11.9. The van der Waals surface area contributed by atoms with Crippen molar-refractivity contribution < 1.29 is 9.34 Å². The van der Waals surface area contributed by atoms with Gasteiger partial charge in [0.25, 0.3) is 5.69 Å². The normalized spacial score (nSPS) is 10.8. The molecule has 0 aliphatic carbocycles. The lowest BCUT2D eigenvalue weighted by molar-refractivity contribution is -0.384. The first-order chi connectivity index (χ1) is 11.9. The maximum absolute atomic E-state index is 11.9. The van der Waals surface area contributed by atoms with Crippen molar-refractivity contribution in [3.8, 4) is 0 Å². The quantitative estimate of drug-likeness (QED) is 0.437. The Hall–Kier alpha value is -3.15. The van der Waals surface area contributed by atoms with Crippen LogP contribution in [0.15, 0.2) is 45.6 Å². The van der Waals surface area contributed by atoms with Crippen molar-refractivity contribution in [3.05, 3.63) is 79.2 Å². The Morgan fingerprint density at radius 3 is 2.52 bits per heavy atom. The lowest BCUT2D eigenvalue weighted by atomic mass is 10.0. The molecule has 1 heterocycles. The summed E-state index contributed by atoms with van der Waals surface area (Å²) in [5, 5.41) is 15.0. The zero-order valence-corrected chi connectivity index (χ0v) is 14.3. The van der Waals surface area contributed by atoms with Gasteiger partial charge in [-0.1, -0.05) is 18.2 Å². The summed E-state index contributed by atoms with van der Waals surface area (Å²) in [6.07, 6.45) is 0. The third-order valence-corrected chi connectivity index (χ3v) is 4.42. The molecule has 0 spiro atoms. The highest BCUT2D eigenvalue weighted by Crippen LogP contribution is 2.26. The summed E-state index contributed by atoms with van der Waals surface area (Å²) in [6.45, 7) is 6.12. The van der Waals surface area contributed by atoms with E-state index in [0.29, 0.717) is 17.8 Å². The van der Waals surface area contributed by atoms with Gasteiger partial charge in [0, 0.05) is 35.8 Å². The van der Waals surface area contributed by atoms with Crippen molar-refractivity contribution in [3.63, 3.8) is 0 Å². The zero-order valence-electron chi connectivity index (χ0n) is 14.3. The van der Waals surface area contributed by atoms with Gasteiger partial charge in [-0.3, -0.25) is 10.1 Å². The number of hydrogen-bond acceptors (Lipinski definition) is 5. The smallest absolute Gasteiger partial charge is 0.336 e. The van der Waals surface area contributed by atoms with Gasteiger partial charge >= 0.3 is 5.63 Å². The summed E-state index contributed by atoms with van der Waals surface area (Å²) in [4.78, 5) is 22.4. The van der Waals surface area contributed by atoms with E-state index >= 15 is 0 Å². The minimum absolute atomic E-state index is 0.0250. The highest BCUT2D eigenvalue weighted by Gasteiger charge is 2.12. The Kier molecular flexibility index (Phi) is 4.27. The summed E-state index contributed by atoms with van der Waals surface area (Å²) >= 11 is 0. The molecule has 0 fully saturated rings. The van der Waals surface area contributed by atoms with E-state index in [9.17, 15) is 14.9 Å². The van der Waals surface area contributed by atoms with Crippen molar-refractivity contribution in [2.24, 2.45) is 0 Å². The van der Waals surface area contributed by atoms with Gasteiger partial charge in [0.15, 0.2) is 0 Å². The zero-order chi connectivity index (χ0) is 18.1. The number of fused-ring (bicyclic) bond motifs is 1. The van der Waals surface area contributed by atoms with Crippen LogP contribution in [-0.4, -0.2) is 4.92 Å². The number of hydrogen-bond donors (Lipinski definition) is 1. The van der Waals surface area contributed by atoms with Crippen molar-refractivity contribution in [1.29, 1.82) is 0 Å². The monoisotopic (exact) mass is 338 g/mol. The molecule has 0 amide bonds. The predicted molar refractivity (Wildman–Crippen MR) is 97.1 cm³/mol. The van der Waals surface area contributed by atoms with Gasteiger partial charge < -0.3 is 9.73 Å². The molecule has 3 aromatic rings. The van der Waals surface area contributed by atoms with Gasteiger partial charge in [0.1, 0.15) is 5.58 Å². The van der Waals surface area contributed by atoms with Crippen LogP contribution in [-0.2, 0) is 6.54 Å². The largest absolute Gasteiger partial charge is 0.422 e. The fourth-order valence-corrected chi connectivity index (χ4v) is 2.78. The molecule has 6 nitrogen and oxygen atoms in total. The van der Waals surface area contributed by atoms with E-state index in [4.69, 9.17) is 4.42 Å². The van der Waals surface area contributed by atoms with Crippen molar-refractivity contribution in [2.45, 2.75) is 27.3 Å². The van der Waals surface area contributed by atoms with Crippen LogP contribution in [0.1, 0.15) is 22.3 Å². The molecule has 3 rings (SSSR count). The summed E-state index contributed by atoms with van der Waals surface area (Å²) in [5.74, 6) is 0. The van der Waals surface area contributed by atoms with E-state index in [-0.39, 0.29) is 5.69 Å². The summed E-state index contributed by atoms with van der Waals surface area (Å²) in [6, 6.07) is 10.0. The Morgan fingerprint density at radius 1 is 1.08 bits per heavy atom. The third kappa shape index (κ3) is 3.24. The van der Waals surface area contributed by atoms with E-state index in [2.05, 4.69) is 5.32 Å². The van der Waals surface area contributed by atoms with Crippen LogP contribution in [0, 0.1) is 30.9 Å². The topological polar surface area (TPSA) is 85.4 Å². The molecule has 1 aromatic heterocycles. The fraction of sp³-hybridized carbons (Fsp3) is 0.211. The Bertz CT molecular complexity index is 1040. The number of aryl methyl sites for hydroxylation is 3. The van der Waals surface area contributed by atoms with Crippen LogP contribution in [0.4, 0.5) is 11.4 Å². The van der Waals surface area contributed by atoms with Crippen LogP contribution < -0.4 is 10.9 Å². The molecule has 0 aliphatic heterocycles. The SMILES string of the molecule is Cc1ccc([N+](=O)[O-])cc1NCc1cc(=O)oc2c(C)c(C)ccc12. The van der Waals surface area contributed by atoms with Crippen LogP contribution in [0.3, 0.4) is 0 Å². The molecule has 2 aromatic carbocycles. The molecule has 0 unspecified atom stereocenters. The first-order valence-electron chi connectivity index (χ1n) is 7.88. The molecule has 0 bridgehead atoms. The molecule has 0 saturated carbocycles. The Labute approximate surface area is 144 Å². The van der Waals surface area contributed by atoms with Crippen LogP contribution >= 0.6 is 0 Å². The average Bonchev–Trinajstić information content (AvgIpc) is 2.57. The molecule has 128 valence electrons. The van der Waals surface area contributed by atoms with Gasteiger partial charge in [-0.2, -0.15) is 0 Å². The standard InChI is InChI=1S/C19H18N2O4/c1-11-5-7-16-14(8-18(22)25-19(16)13(11)3)10-20-17-9-15(21(23)24)6-4-12(17)2/h4-9,20H,10H2,1-3H3. The molecular weight excluding hydrogens is 320 g/mol. The maximum Gasteiger partial charge on any atom is 0.336 e.